The van der Waals surface area contributed by atoms with Crippen LogP contribution in [-0.2, 0) is 22.6 Å². The summed E-state index contributed by atoms with van der Waals surface area (Å²) in [7, 11) is 2.23. The average Bonchev–Trinajstić information content (AvgIpc) is 3.10. The lowest BCUT2D eigenvalue weighted by Gasteiger charge is -2.45. The number of nitrogens with zero attached hydrogens (tertiary/aromatic N) is 3. The molecule has 26 heavy (non-hydrogen) atoms. The smallest absolute Gasteiger partial charge is 0.123 e. The minimum Gasteiger partial charge on any atom is -0.381 e. The number of hydrogen-bond acceptors (Lipinski definition) is 4. The normalized spacial score (nSPS) is 22.8. The van der Waals surface area contributed by atoms with E-state index in [2.05, 4.69) is 58.0 Å². The summed E-state index contributed by atoms with van der Waals surface area (Å²) in [6.07, 6.45) is 8.25. The van der Waals surface area contributed by atoms with Crippen LogP contribution in [0.25, 0.3) is 0 Å². The van der Waals surface area contributed by atoms with Gasteiger partial charge in [-0.05, 0) is 38.3 Å². The molecule has 1 spiro atoms. The third kappa shape index (κ3) is 4.00. The fourth-order valence-corrected chi connectivity index (χ4v) is 4.24. The number of aromatic nitrogens is 2. The molecule has 2 saturated heterocycles. The Bertz CT molecular complexity index is 689. The Morgan fingerprint density at radius 2 is 2.00 bits per heavy atom. The molecule has 5 heteroatoms. The molecule has 140 valence electrons. The van der Waals surface area contributed by atoms with Gasteiger partial charge in [0.15, 0.2) is 0 Å². The molecular formula is C21H29N3O2. The Hall–Kier alpha value is -1.69. The zero-order chi connectivity index (χ0) is 17.8. The van der Waals surface area contributed by atoms with Crippen LogP contribution in [0.2, 0.25) is 0 Å². The highest BCUT2D eigenvalue weighted by atomic mass is 16.5. The molecule has 5 nitrogen and oxygen atoms in total. The Kier molecular flexibility index (Phi) is 5.38. The second kappa shape index (κ2) is 7.91. The molecule has 0 radical (unpaired) electrons. The van der Waals surface area contributed by atoms with Crippen LogP contribution >= 0.6 is 0 Å². The molecule has 1 aromatic heterocycles. The van der Waals surface area contributed by atoms with Gasteiger partial charge in [-0.15, -0.1) is 0 Å². The quantitative estimate of drug-likeness (QED) is 0.826. The Labute approximate surface area is 155 Å². The number of imidazole rings is 1. The minimum absolute atomic E-state index is 0.0366. The topological polar surface area (TPSA) is 39.5 Å². The van der Waals surface area contributed by atoms with Gasteiger partial charge in [-0.1, -0.05) is 30.3 Å². The van der Waals surface area contributed by atoms with Gasteiger partial charge < -0.3 is 14.0 Å². The van der Waals surface area contributed by atoms with Gasteiger partial charge in [0.1, 0.15) is 5.82 Å². The number of hydrogen-bond donors (Lipinski definition) is 0. The molecule has 1 unspecified atom stereocenters. The molecule has 0 N–H and O–H groups in total. The molecule has 0 saturated carbocycles. The summed E-state index contributed by atoms with van der Waals surface area (Å²) >= 11 is 0. The maximum absolute atomic E-state index is 6.20. The zero-order valence-corrected chi connectivity index (χ0v) is 15.6. The van der Waals surface area contributed by atoms with Crippen LogP contribution in [0.5, 0.6) is 0 Å². The molecule has 0 bridgehead atoms. The van der Waals surface area contributed by atoms with Gasteiger partial charge in [0.2, 0.25) is 0 Å². The summed E-state index contributed by atoms with van der Waals surface area (Å²) in [5.74, 6) is 1.13. The third-order valence-corrected chi connectivity index (χ3v) is 5.88. The average molecular weight is 355 g/mol. The molecule has 2 aliphatic heterocycles. The molecule has 1 atom stereocenters. The van der Waals surface area contributed by atoms with Crippen molar-refractivity contribution in [1.29, 1.82) is 0 Å². The number of benzene rings is 1. The first-order valence-corrected chi connectivity index (χ1v) is 9.70. The van der Waals surface area contributed by atoms with Gasteiger partial charge in [0.05, 0.1) is 12.1 Å². The Morgan fingerprint density at radius 3 is 2.81 bits per heavy atom. The lowest BCUT2D eigenvalue weighted by molar-refractivity contribution is -0.150. The summed E-state index contributed by atoms with van der Waals surface area (Å²) in [6.45, 7) is 4.26. The standard InChI is InChI=1S/C21H29N3O2/c1-23(19-7-12-26-21(15-19)8-13-25-14-9-21)17-20-22-10-11-24(20)16-18-5-3-2-4-6-18/h2-6,10-11,19H,7-9,12-17H2,1H3. The molecule has 3 heterocycles. The van der Waals surface area contributed by atoms with Crippen LogP contribution in [0, 0.1) is 0 Å². The summed E-state index contributed by atoms with van der Waals surface area (Å²) in [6, 6.07) is 11.1. The van der Waals surface area contributed by atoms with Crippen LogP contribution < -0.4 is 0 Å². The third-order valence-electron chi connectivity index (χ3n) is 5.88. The maximum atomic E-state index is 6.20. The van der Waals surface area contributed by atoms with Crippen LogP contribution in [0.4, 0.5) is 0 Å². The lowest BCUT2D eigenvalue weighted by atomic mass is 9.83. The summed E-state index contributed by atoms with van der Waals surface area (Å²) in [5.41, 5.74) is 1.34. The highest BCUT2D eigenvalue weighted by Gasteiger charge is 2.40. The van der Waals surface area contributed by atoms with Crippen LogP contribution in [0.3, 0.4) is 0 Å². The predicted molar refractivity (Wildman–Crippen MR) is 101 cm³/mol. The molecular weight excluding hydrogens is 326 g/mol. The van der Waals surface area contributed by atoms with Crippen molar-refractivity contribution in [3.05, 3.63) is 54.1 Å². The van der Waals surface area contributed by atoms with Crippen molar-refractivity contribution in [2.24, 2.45) is 0 Å². The first-order chi connectivity index (χ1) is 12.7. The van der Waals surface area contributed by atoms with Crippen molar-refractivity contribution in [1.82, 2.24) is 14.5 Å². The SMILES string of the molecule is CN(Cc1nccn1Cc1ccccc1)C1CCOC2(CCOCC2)C1. The van der Waals surface area contributed by atoms with Gasteiger partial charge in [-0.2, -0.15) is 0 Å². The Morgan fingerprint density at radius 1 is 1.19 bits per heavy atom. The molecule has 0 aliphatic carbocycles. The second-order valence-corrected chi connectivity index (χ2v) is 7.66. The van der Waals surface area contributed by atoms with Gasteiger partial charge in [-0.3, -0.25) is 4.90 Å². The number of ether oxygens (including phenoxy) is 2. The maximum Gasteiger partial charge on any atom is 0.123 e. The van der Waals surface area contributed by atoms with E-state index >= 15 is 0 Å². The summed E-state index contributed by atoms with van der Waals surface area (Å²) in [4.78, 5) is 7.08. The van der Waals surface area contributed by atoms with E-state index in [0.717, 1.165) is 64.4 Å². The van der Waals surface area contributed by atoms with Crippen LogP contribution in [0.1, 0.15) is 37.1 Å². The minimum atomic E-state index is 0.0366. The van der Waals surface area contributed by atoms with E-state index in [0.29, 0.717) is 6.04 Å². The lowest BCUT2D eigenvalue weighted by Crippen LogP contribution is -2.50. The highest BCUT2D eigenvalue weighted by Crippen LogP contribution is 2.36. The molecule has 1 aromatic carbocycles. The summed E-state index contributed by atoms with van der Waals surface area (Å²) < 4.78 is 14.0. The van der Waals surface area contributed by atoms with Gasteiger partial charge in [0, 0.05) is 44.8 Å². The Balaban J connectivity index is 1.40. The van der Waals surface area contributed by atoms with Crippen molar-refractivity contribution in [3.63, 3.8) is 0 Å². The molecule has 4 rings (SSSR count). The second-order valence-electron chi connectivity index (χ2n) is 7.66. The van der Waals surface area contributed by atoms with Gasteiger partial charge in [0.25, 0.3) is 0 Å². The molecule has 2 fully saturated rings. The zero-order valence-electron chi connectivity index (χ0n) is 15.6. The van der Waals surface area contributed by atoms with E-state index < -0.39 is 0 Å². The van der Waals surface area contributed by atoms with Crippen LogP contribution in [0.15, 0.2) is 42.7 Å². The van der Waals surface area contributed by atoms with Gasteiger partial charge in [-0.25, -0.2) is 4.98 Å². The van der Waals surface area contributed by atoms with E-state index in [4.69, 9.17) is 9.47 Å². The predicted octanol–water partition coefficient (Wildman–Crippen LogP) is 3.09. The van der Waals surface area contributed by atoms with Crippen molar-refractivity contribution < 1.29 is 9.47 Å². The first kappa shape index (κ1) is 17.7. The van der Waals surface area contributed by atoms with Crippen LogP contribution in [-0.4, -0.2) is 53.0 Å². The fourth-order valence-electron chi connectivity index (χ4n) is 4.24. The van der Waals surface area contributed by atoms with E-state index in [9.17, 15) is 0 Å². The van der Waals surface area contributed by atoms with Crippen molar-refractivity contribution in [2.45, 2.75) is 50.4 Å². The largest absolute Gasteiger partial charge is 0.381 e. The van der Waals surface area contributed by atoms with Crippen molar-refractivity contribution in [2.75, 3.05) is 26.9 Å². The molecule has 2 aromatic rings. The van der Waals surface area contributed by atoms with Crippen molar-refractivity contribution in [3.8, 4) is 0 Å². The van der Waals surface area contributed by atoms with E-state index in [1.807, 2.05) is 6.20 Å². The monoisotopic (exact) mass is 355 g/mol. The summed E-state index contributed by atoms with van der Waals surface area (Å²) in [5, 5.41) is 0. The van der Waals surface area contributed by atoms with E-state index in [1.54, 1.807) is 0 Å². The first-order valence-electron chi connectivity index (χ1n) is 9.70. The van der Waals surface area contributed by atoms with Crippen molar-refractivity contribution >= 4 is 0 Å². The highest BCUT2D eigenvalue weighted by molar-refractivity contribution is 5.15. The molecule has 0 amide bonds. The number of rotatable bonds is 5. The van der Waals surface area contributed by atoms with E-state index in [1.165, 1.54) is 5.56 Å². The van der Waals surface area contributed by atoms with Gasteiger partial charge >= 0.3 is 0 Å². The molecule has 2 aliphatic rings. The fraction of sp³-hybridized carbons (Fsp3) is 0.571. The van der Waals surface area contributed by atoms with E-state index in [-0.39, 0.29) is 5.60 Å².